The third kappa shape index (κ3) is 5.44. The highest BCUT2D eigenvalue weighted by molar-refractivity contribution is 7.80. The van der Waals surface area contributed by atoms with Crippen molar-refractivity contribution in [2.75, 3.05) is 51.8 Å². The van der Waals surface area contributed by atoms with Crippen molar-refractivity contribution < 1.29 is 14.4 Å². The Hall–Kier alpha value is -1.37. The largest absolute Gasteiger partial charge is 0.495 e. The van der Waals surface area contributed by atoms with Crippen LogP contribution in [0.3, 0.4) is 0 Å². The lowest BCUT2D eigenvalue weighted by molar-refractivity contribution is -0.908. The number of rotatable bonds is 6. The van der Waals surface area contributed by atoms with Gasteiger partial charge in [0.2, 0.25) is 0 Å². The number of thiocarbonyl (C=S) groups is 1. The fraction of sp³-hybridized carbons (Fsp3) is 0.562. The number of quaternary nitrogens is 1. The molecule has 0 saturated carbocycles. The Balaban J connectivity index is 1.70. The molecule has 0 aromatic heterocycles. The molecule has 0 atom stereocenters. The first-order chi connectivity index (χ1) is 10.7. The number of benzene rings is 1. The van der Waals surface area contributed by atoms with Crippen molar-refractivity contribution in [2.24, 2.45) is 0 Å². The van der Waals surface area contributed by atoms with Crippen LogP contribution in [0.25, 0.3) is 0 Å². The molecule has 6 heteroatoms. The van der Waals surface area contributed by atoms with E-state index < -0.39 is 0 Å². The van der Waals surface area contributed by atoms with Crippen LogP contribution in [0.5, 0.6) is 5.75 Å². The standard InChI is InChI=1S/C16H25N3O2S/c1-13-4-5-15(20-2)14(12-13)18-16(22)17-6-3-7-19-8-10-21-11-9-19/h4-5,12H,3,6-11H2,1-2H3,(H2,17,18,22)/p+1. The first-order valence-corrected chi connectivity index (χ1v) is 8.20. The molecule has 0 bridgehead atoms. The summed E-state index contributed by atoms with van der Waals surface area (Å²) in [5.74, 6) is 0.799. The summed E-state index contributed by atoms with van der Waals surface area (Å²) in [6, 6.07) is 6.00. The molecule has 5 nitrogen and oxygen atoms in total. The highest BCUT2D eigenvalue weighted by Gasteiger charge is 2.12. The second-order valence-corrected chi connectivity index (χ2v) is 5.96. The molecule has 2 rings (SSSR count). The monoisotopic (exact) mass is 324 g/mol. The number of aryl methyl sites for hydroxylation is 1. The topological polar surface area (TPSA) is 47.0 Å². The maximum atomic E-state index is 5.36. The lowest BCUT2D eigenvalue weighted by Crippen LogP contribution is -3.14. The molecule has 0 radical (unpaired) electrons. The van der Waals surface area contributed by atoms with Crippen molar-refractivity contribution in [3.63, 3.8) is 0 Å². The van der Waals surface area contributed by atoms with Gasteiger partial charge in [0.05, 0.1) is 32.6 Å². The molecule has 1 aromatic rings. The van der Waals surface area contributed by atoms with Gasteiger partial charge in [-0.2, -0.15) is 0 Å². The Morgan fingerprint density at radius 3 is 2.86 bits per heavy atom. The van der Waals surface area contributed by atoms with Crippen LogP contribution in [0, 0.1) is 6.92 Å². The summed E-state index contributed by atoms with van der Waals surface area (Å²) in [7, 11) is 1.66. The number of methoxy groups -OCH3 is 1. The van der Waals surface area contributed by atoms with Gasteiger partial charge in [0, 0.05) is 13.0 Å². The van der Waals surface area contributed by atoms with E-state index in [0.717, 1.165) is 57.3 Å². The molecule has 0 amide bonds. The molecule has 1 fully saturated rings. The predicted octanol–water partition coefficient (Wildman–Crippen LogP) is 0.595. The maximum absolute atomic E-state index is 5.36. The average Bonchev–Trinajstić information content (AvgIpc) is 2.53. The van der Waals surface area contributed by atoms with Crippen molar-refractivity contribution in [3.8, 4) is 5.75 Å². The smallest absolute Gasteiger partial charge is 0.170 e. The number of anilines is 1. The SMILES string of the molecule is COc1ccc(C)cc1NC(=S)NCCC[NH+]1CCOCC1. The Bertz CT molecular complexity index is 490. The second kappa shape index (κ2) is 8.92. The number of morpholine rings is 1. The van der Waals surface area contributed by atoms with Crippen LogP contribution >= 0.6 is 12.2 Å². The molecule has 0 spiro atoms. The van der Waals surface area contributed by atoms with Crippen LogP contribution < -0.4 is 20.3 Å². The third-order valence-electron chi connectivity index (χ3n) is 3.80. The normalized spacial score (nSPS) is 15.4. The second-order valence-electron chi connectivity index (χ2n) is 5.55. The summed E-state index contributed by atoms with van der Waals surface area (Å²) in [6.45, 7) is 8.08. The Morgan fingerprint density at radius 2 is 2.14 bits per heavy atom. The summed E-state index contributed by atoms with van der Waals surface area (Å²) >= 11 is 5.35. The van der Waals surface area contributed by atoms with Crippen LogP contribution in [0.1, 0.15) is 12.0 Å². The summed E-state index contributed by atoms with van der Waals surface area (Å²) < 4.78 is 10.7. The molecule has 1 aliphatic heterocycles. The van der Waals surface area contributed by atoms with Gasteiger partial charge in [-0.25, -0.2) is 0 Å². The van der Waals surface area contributed by atoms with Crippen molar-refractivity contribution in [1.29, 1.82) is 0 Å². The van der Waals surface area contributed by atoms with Crippen LogP contribution in [-0.2, 0) is 4.74 Å². The van der Waals surface area contributed by atoms with E-state index >= 15 is 0 Å². The van der Waals surface area contributed by atoms with E-state index in [4.69, 9.17) is 21.7 Å². The minimum absolute atomic E-state index is 0.640. The molecule has 3 N–H and O–H groups in total. The van der Waals surface area contributed by atoms with Crippen molar-refractivity contribution >= 4 is 23.0 Å². The summed E-state index contributed by atoms with van der Waals surface area (Å²) in [5.41, 5.74) is 2.07. The molecule has 0 aliphatic carbocycles. The van der Waals surface area contributed by atoms with E-state index in [1.807, 2.05) is 25.1 Å². The Morgan fingerprint density at radius 1 is 1.36 bits per heavy atom. The molecule has 22 heavy (non-hydrogen) atoms. The lowest BCUT2D eigenvalue weighted by atomic mass is 10.2. The quantitative estimate of drug-likeness (QED) is 0.528. The summed E-state index contributed by atoms with van der Waals surface area (Å²) in [6.07, 6.45) is 1.10. The number of hydrogen-bond acceptors (Lipinski definition) is 3. The first-order valence-electron chi connectivity index (χ1n) is 7.80. The minimum atomic E-state index is 0.640. The Labute approximate surface area is 138 Å². The molecular weight excluding hydrogens is 298 g/mol. The summed E-state index contributed by atoms with van der Waals surface area (Å²) in [4.78, 5) is 1.62. The van der Waals surface area contributed by atoms with Gasteiger partial charge >= 0.3 is 0 Å². The van der Waals surface area contributed by atoms with E-state index in [1.54, 1.807) is 12.0 Å². The fourth-order valence-electron chi connectivity index (χ4n) is 2.54. The van der Waals surface area contributed by atoms with E-state index in [1.165, 1.54) is 5.56 Å². The van der Waals surface area contributed by atoms with Crippen LogP contribution in [0.2, 0.25) is 0 Å². The van der Waals surface area contributed by atoms with E-state index in [0.29, 0.717) is 5.11 Å². The summed E-state index contributed by atoms with van der Waals surface area (Å²) in [5, 5.41) is 7.11. The highest BCUT2D eigenvalue weighted by atomic mass is 32.1. The Kier molecular flexibility index (Phi) is 6.89. The molecule has 1 aliphatic rings. The van der Waals surface area contributed by atoms with Crippen molar-refractivity contribution in [3.05, 3.63) is 23.8 Å². The van der Waals surface area contributed by atoms with Gasteiger partial charge in [0.1, 0.15) is 18.8 Å². The zero-order chi connectivity index (χ0) is 15.8. The van der Waals surface area contributed by atoms with Gasteiger partial charge in [0.15, 0.2) is 5.11 Å². The van der Waals surface area contributed by atoms with E-state index in [9.17, 15) is 0 Å². The molecule has 1 heterocycles. The first kappa shape index (κ1) is 17.0. The number of hydrogen-bond donors (Lipinski definition) is 3. The van der Waals surface area contributed by atoms with Gasteiger partial charge in [-0.1, -0.05) is 6.07 Å². The lowest BCUT2D eigenvalue weighted by Gasteiger charge is -2.23. The zero-order valence-corrected chi connectivity index (χ0v) is 14.2. The van der Waals surface area contributed by atoms with Gasteiger partial charge in [-0.3, -0.25) is 0 Å². The molecule has 0 unspecified atom stereocenters. The minimum Gasteiger partial charge on any atom is -0.495 e. The van der Waals surface area contributed by atoms with Gasteiger partial charge in [-0.05, 0) is 36.8 Å². The van der Waals surface area contributed by atoms with Gasteiger partial charge in [0.25, 0.3) is 0 Å². The van der Waals surface area contributed by atoms with Gasteiger partial charge < -0.3 is 25.0 Å². The molecule has 122 valence electrons. The molecular formula is C16H26N3O2S+. The zero-order valence-electron chi connectivity index (χ0n) is 13.4. The number of ether oxygens (including phenoxy) is 2. The highest BCUT2D eigenvalue weighted by Crippen LogP contribution is 2.24. The number of nitrogens with one attached hydrogen (secondary N) is 3. The predicted molar refractivity (Wildman–Crippen MR) is 93.0 cm³/mol. The van der Waals surface area contributed by atoms with Crippen molar-refractivity contribution in [1.82, 2.24) is 5.32 Å². The van der Waals surface area contributed by atoms with E-state index in [-0.39, 0.29) is 0 Å². The fourth-order valence-corrected chi connectivity index (χ4v) is 2.75. The van der Waals surface area contributed by atoms with E-state index in [2.05, 4.69) is 10.6 Å². The van der Waals surface area contributed by atoms with Crippen molar-refractivity contribution in [2.45, 2.75) is 13.3 Å². The van der Waals surface area contributed by atoms with Crippen LogP contribution in [-0.4, -0.2) is 51.6 Å². The van der Waals surface area contributed by atoms with Crippen LogP contribution in [0.4, 0.5) is 5.69 Å². The molecule has 1 saturated heterocycles. The van der Waals surface area contributed by atoms with Gasteiger partial charge in [-0.15, -0.1) is 0 Å². The average molecular weight is 324 g/mol. The maximum Gasteiger partial charge on any atom is 0.170 e. The third-order valence-corrected chi connectivity index (χ3v) is 4.04. The van der Waals surface area contributed by atoms with Crippen LogP contribution in [0.15, 0.2) is 18.2 Å². The molecule has 1 aromatic carbocycles.